The van der Waals surface area contributed by atoms with Gasteiger partial charge in [0, 0.05) is 29.1 Å². The third-order valence-electron chi connectivity index (χ3n) is 3.07. The van der Waals surface area contributed by atoms with Gasteiger partial charge in [0.15, 0.2) is 0 Å². The Hall–Kier alpha value is -1.35. The Kier molecular flexibility index (Phi) is 4.02. The highest BCUT2D eigenvalue weighted by atomic mass is 79.9. The van der Waals surface area contributed by atoms with Gasteiger partial charge in [0.25, 0.3) is 0 Å². The molecular weight excluding hydrogens is 288 g/mol. The summed E-state index contributed by atoms with van der Waals surface area (Å²) in [6, 6.07) is 6.35. The fourth-order valence-electron chi connectivity index (χ4n) is 1.93. The van der Waals surface area contributed by atoms with Crippen LogP contribution in [0.1, 0.15) is 22.3 Å². The number of hydrogen-bond acceptors (Lipinski definition) is 2. The van der Waals surface area contributed by atoms with Crippen molar-refractivity contribution < 1.29 is 0 Å². The summed E-state index contributed by atoms with van der Waals surface area (Å²) in [7, 11) is 0. The zero-order valence-electron chi connectivity index (χ0n) is 10.9. The number of halogens is 1. The van der Waals surface area contributed by atoms with Gasteiger partial charge in [-0.3, -0.25) is 4.98 Å². The quantitative estimate of drug-likeness (QED) is 0.910. The summed E-state index contributed by atoms with van der Waals surface area (Å²) in [4.78, 5) is 4.16. The molecule has 1 aromatic heterocycles. The van der Waals surface area contributed by atoms with Crippen molar-refractivity contribution in [1.82, 2.24) is 4.98 Å². The second-order valence-corrected chi connectivity index (χ2v) is 5.37. The minimum atomic E-state index is 0.806. The molecular formula is C15H17BrN2. The third kappa shape index (κ3) is 2.91. The van der Waals surface area contributed by atoms with Crippen LogP contribution < -0.4 is 5.32 Å². The van der Waals surface area contributed by atoms with Gasteiger partial charge in [0.05, 0.1) is 0 Å². The lowest BCUT2D eigenvalue weighted by Gasteiger charge is -2.11. The summed E-state index contributed by atoms with van der Waals surface area (Å²) in [6.07, 6.45) is 3.74. The average molecular weight is 305 g/mol. The fourth-order valence-corrected chi connectivity index (χ4v) is 2.16. The number of nitrogens with one attached hydrogen (secondary N) is 1. The van der Waals surface area contributed by atoms with Crippen LogP contribution in [0.25, 0.3) is 0 Å². The van der Waals surface area contributed by atoms with Crippen LogP contribution in [0, 0.1) is 20.8 Å². The molecule has 18 heavy (non-hydrogen) atoms. The molecule has 0 saturated heterocycles. The summed E-state index contributed by atoms with van der Waals surface area (Å²) in [6.45, 7) is 7.13. The highest BCUT2D eigenvalue weighted by molar-refractivity contribution is 9.10. The molecule has 94 valence electrons. The molecule has 0 fully saturated rings. The number of rotatable bonds is 3. The summed E-state index contributed by atoms with van der Waals surface area (Å²) in [5.74, 6) is 0. The maximum absolute atomic E-state index is 4.16. The van der Waals surface area contributed by atoms with Crippen LogP contribution in [0.5, 0.6) is 0 Å². The van der Waals surface area contributed by atoms with Crippen molar-refractivity contribution in [3.05, 3.63) is 57.3 Å². The van der Waals surface area contributed by atoms with E-state index in [2.05, 4.69) is 59.1 Å². The highest BCUT2D eigenvalue weighted by Gasteiger charge is 2.03. The summed E-state index contributed by atoms with van der Waals surface area (Å²) in [5, 5.41) is 3.45. The van der Waals surface area contributed by atoms with Crippen LogP contribution in [0.3, 0.4) is 0 Å². The van der Waals surface area contributed by atoms with E-state index in [1.165, 1.54) is 26.7 Å². The maximum atomic E-state index is 4.16. The largest absolute Gasteiger partial charge is 0.381 e. The lowest BCUT2D eigenvalue weighted by molar-refractivity contribution is 1.08. The molecule has 1 heterocycles. The van der Waals surface area contributed by atoms with E-state index in [0.29, 0.717) is 0 Å². The summed E-state index contributed by atoms with van der Waals surface area (Å²) < 4.78 is 1.19. The van der Waals surface area contributed by atoms with Crippen LogP contribution in [-0.4, -0.2) is 4.98 Å². The Bertz CT molecular complexity index is 541. The first-order valence-electron chi connectivity index (χ1n) is 5.98. The van der Waals surface area contributed by atoms with Gasteiger partial charge in [0.2, 0.25) is 0 Å². The van der Waals surface area contributed by atoms with Crippen molar-refractivity contribution in [3.8, 4) is 0 Å². The van der Waals surface area contributed by atoms with Crippen LogP contribution in [0.4, 0.5) is 5.69 Å². The molecule has 2 rings (SSSR count). The first-order valence-corrected chi connectivity index (χ1v) is 6.77. The average Bonchev–Trinajstić information content (AvgIpc) is 2.35. The molecule has 1 aromatic carbocycles. The van der Waals surface area contributed by atoms with E-state index in [0.717, 1.165) is 12.2 Å². The second kappa shape index (κ2) is 5.53. The number of pyridine rings is 1. The molecule has 1 N–H and O–H groups in total. The predicted octanol–water partition coefficient (Wildman–Crippen LogP) is 4.38. The van der Waals surface area contributed by atoms with Gasteiger partial charge in [-0.15, -0.1) is 0 Å². The highest BCUT2D eigenvalue weighted by Crippen LogP contribution is 2.25. The van der Waals surface area contributed by atoms with Gasteiger partial charge in [-0.1, -0.05) is 15.9 Å². The van der Waals surface area contributed by atoms with Gasteiger partial charge >= 0.3 is 0 Å². The number of anilines is 1. The Balaban J connectivity index is 2.14. The molecule has 2 aromatic rings. The zero-order chi connectivity index (χ0) is 13.1. The minimum absolute atomic E-state index is 0.806. The monoisotopic (exact) mass is 304 g/mol. The molecule has 0 saturated carbocycles. The standard InChI is InChI=1S/C15H17BrN2/c1-10-4-5-17-8-13(10)9-18-14-6-11(2)15(16)12(3)7-14/h4-8,18H,9H2,1-3H3. The summed E-state index contributed by atoms with van der Waals surface area (Å²) >= 11 is 3.58. The topological polar surface area (TPSA) is 24.9 Å². The molecule has 0 aliphatic heterocycles. The van der Waals surface area contributed by atoms with E-state index in [1.54, 1.807) is 0 Å². The lowest BCUT2D eigenvalue weighted by atomic mass is 10.1. The SMILES string of the molecule is Cc1ccncc1CNc1cc(C)c(Br)c(C)c1. The smallest absolute Gasteiger partial charge is 0.0418 e. The molecule has 0 atom stereocenters. The van der Waals surface area contributed by atoms with E-state index in [-0.39, 0.29) is 0 Å². The molecule has 0 aliphatic rings. The van der Waals surface area contributed by atoms with Crippen LogP contribution in [0.15, 0.2) is 35.1 Å². The van der Waals surface area contributed by atoms with Crippen molar-refractivity contribution in [2.45, 2.75) is 27.3 Å². The van der Waals surface area contributed by atoms with E-state index >= 15 is 0 Å². The third-order valence-corrected chi connectivity index (χ3v) is 4.32. The number of aromatic nitrogens is 1. The second-order valence-electron chi connectivity index (χ2n) is 4.58. The van der Waals surface area contributed by atoms with Gasteiger partial charge in [-0.25, -0.2) is 0 Å². The summed E-state index contributed by atoms with van der Waals surface area (Å²) in [5.41, 5.74) is 6.15. The first kappa shape index (κ1) is 13.1. The van der Waals surface area contributed by atoms with Gasteiger partial charge in [-0.2, -0.15) is 0 Å². The van der Waals surface area contributed by atoms with E-state index in [1.807, 2.05) is 18.5 Å². The minimum Gasteiger partial charge on any atom is -0.381 e. The van der Waals surface area contributed by atoms with Gasteiger partial charge in [-0.05, 0) is 61.2 Å². The zero-order valence-corrected chi connectivity index (χ0v) is 12.5. The molecule has 0 amide bonds. The number of nitrogens with zero attached hydrogens (tertiary/aromatic N) is 1. The first-order chi connectivity index (χ1) is 8.58. The molecule has 0 aliphatic carbocycles. The molecule has 0 bridgehead atoms. The molecule has 3 heteroatoms. The molecule has 0 radical (unpaired) electrons. The van der Waals surface area contributed by atoms with Gasteiger partial charge in [0.1, 0.15) is 0 Å². The molecule has 2 nitrogen and oxygen atoms in total. The molecule has 0 unspecified atom stereocenters. The molecule has 0 spiro atoms. The van der Waals surface area contributed by atoms with Crippen molar-refractivity contribution >= 4 is 21.6 Å². The predicted molar refractivity (Wildman–Crippen MR) is 79.9 cm³/mol. The van der Waals surface area contributed by atoms with Crippen LogP contribution in [-0.2, 0) is 6.54 Å². The van der Waals surface area contributed by atoms with Crippen molar-refractivity contribution in [2.75, 3.05) is 5.32 Å². The Labute approximate surface area is 117 Å². The number of benzene rings is 1. The number of hydrogen-bond donors (Lipinski definition) is 1. The van der Waals surface area contributed by atoms with Crippen molar-refractivity contribution in [1.29, 1.82) is 0 Å². The van der Waals surface area contributed by atoms with E-state index in [9.17, 15) is 0 Å². The Morgan fingerprint density at radius 3 is 2.39 bits per heavy atom. The Morgan fingerprint density at radius 2 is 1.78 bits per heavy atom. The van der Waals surface area contributed by atoms with Gasteiger partial charge < -0.3 is 5.32 Å². The van der Waals surface area contributed by atoms with E-state index in [4.69, 9.17) is 0 Å². The van der Waals surface area contributed by atoms with E-state index < -0.39 is 0 Å². The van der Waals surface area contributed by atoms with Crippen molar-refractivity contribution in [2.24, 2.45) is 0 Å². The fraction of sp³-hybridized carbons (Fsp3) is 0.267. The van der Waals surface area contributed by atoms with Crippen molar-refractivity contribution in [3.63, 3.8) is 0 Å². The maximum Gasteiger partial charge on any atom is 0.0418 e. The Morgan fingerprint density at radius 1 is 1.11 bits per heavy atom. The lowest BCUT2D eigenvalue weighted by Crippen LogP contribution is -2.02. The normalized spacial score (nSPS) is 10.4. The number of aryl methyl sites for hydroxylation is 3. The van der Waals surface area contributed by atoms with Crippen LogP contribution in [0.2, 0.25) is 0 Å². The van der Waals surface area contributed by atoms with Crippen LogP contribution >= 0.6 is 15.9 Å².